The average Bonchev–Trinajstić information content (AvgIpc) is 3.22. The quantitative estimate of drug-likeness (QED) is 0.655. The minimum atomic E-state index is -0.912. The summed E-state index contributed by atoms with van der Waals surface area (Å²) in [6.45, 7) is 4.27. The van der Waals surface area contributed by atoms with E-state index in [9.17, 15) is 14.7 Å². The van der Waals surface area contributed by atoms with Gasteiger partial charge in [0.1, 0.15) is 5.69 Å². The number of carboxylic acids is 1. The third kappa shape index (κ3) is 2.95. The van der Waals surface area contributed by atoms with E-state index in [0.29, 0.717) is 47.8 Å². The zero-order valence-corrected chi connectivity index (χ0v) is 15.9. The Morgan fingerprint density at radius 2 is 2.11 bits per heavy atom. The number of aryl methyl sites for hydroxylation is 1. The Bertz CT molecular complexity index is 1080. The fourth-order valence-electron chi connectivity index (χ4n) is 4.23. The van der Waals surface area contributed by atoms with Crippen LogP contribution in [0.3, 0.4) is 0 Å². The number of imidazole rings is 1. The lowest BCUT2D eigenvalue weighted by Gasteiger charge is -2.12. The van der Waals surface area contributed by atoms with E-state index in [1.807, 2.05) is 38.2 Å². The number of fused-ring (bicyclic) bond motifs is 2. The van der Waals surface area contributed by atoms with Crippen LogP contribution in [0.2, 0.25) is 0 Å². The van der Waals surface area contributed by atoms with E-state index in [2.05, 4.69) is 4.98 Å². The fraction of sp³-hybridized carbons (Fsp3) is 0.318. The number of aromatic carboxylic acids is 1. The van der Waals surface area contributed by atoms with Crippen molar-refractivity contribution in [3.8, 4) is 5.75 Å². The number of nitrogens with zero attached hydrogens (tertiary/aromatic N) is 2. The van der Waals surface area contributed by atoms with E-state index in [-0.39, 0.29) is 11.7 Å². The molecule has 1 aliphatic carbocycles. The molecule has 2 aromatic heterocycles. The molecule has 6 nitrogen and oxygen atoms in total. The van der Waals surface area contributed by atoms with Gasteiger partial charge in [0, 0.05) is 12.6 Å². The van der Waals surface area contributed by atoms with Gasteiger partial charge in [-0.3, -0.25) is 9.20 Å². The minimum Gasteiger partial charge on any atom is -0.490 e. The topological polar surface area (TPSA) is 80.9 Å². The first kappa shape index (κ1) is 18.2. The second-order valence-electron chi connectivity index (χ2n) is 7.09. The molecule has 1 aliphatic rings. The number of ketones is 1. The molecule has 2 heterocycles. The second-order valence-corrected chi connectivity index (χ2v) is 7.09. The number of hydrogen-bond donors (Lipinski definition) is 1. The van der Waals surface area contributed by atoms with Crippen molar-refractivity contribution in [2.45, 2.75) is 39.0 Å². The molecule has 144 valence electrons. The van der Waals surface area contributed by atoms with Gasteiger partial charge >= 0.3 is 5.97 Å². The SMILES string of the molecule is CCOc1cccn2c(C(=O)C[C@H]3CCc4c(C(=O)O)cccc43)c(C)nc12. The molecule has 4 rings (SSSR count). The molecule has 0 saturated carbocycles. The Labute approximate surface area is 162 Å². The molecule has 3 aromatic rings. The highest BCUT2D eigenvalue weighted by molar-refractivity contribution is 5.97. The first-order chi connectivity index (χ1) is 13.5. The number of pyridine rings is 1. The van der Waals surface area contributed by atoms with Gasteiger partial charge in [-0.1, -0.05) is 12.1 Å². The Morgan fingerprint density at radius 1 is 1.29 bits per heavy atom. The molecule has 28 heavy (non-hydrogen) atoms. The lowest BCUT2D eigenvalue weighted by Crippen LogP contribution is -2.10. The van der Waals surface area contributed by atoms with Gasteiger partial charge < -0.3 is 9.84 Å². The van der Waals surface area contributed by atoms with Crippen LogP contribution >= 0.6 is 0 Å². The van der Waals surface area contributed by atoms with Crippen molar-refractivity contribution in [2.24, 2.45) is 0 Å². The normalized spacial score (nSPS) is 15.6. The summed E-state index contributed by atoms with van der Waals surface area (Å²) in [5.41, 5.74) is 4.08. The van der Waals surface area contributed by atoms with Crippen LogP contribution in [0.1, 0.15) is 63.4 Å². The number of aromatic nitrogens is 2. The van der Waals surface area contributed by atoms with Crippen molar-refractivity contribution < 1.29 is 19.4 Å². The van der Waals surface area contributed by atoms with Gasteiger partial charge in [-0.25, -0.2) is 9.78 Å². The molecule has 0 fully saturated rings. The van der Waals surface area contributed by atoms with Crippen LogP contribution < -0.4 is 4.74 Å². The standard InChI is InChI=1S/C22H22N2O4/c1-3-28-19-8-5-11-24-20(13(2)23-21(19)24)18(25)12-14-9-10-16-15(14)6-4-7-17(16)22(26)27/h4-8,11,14H,3,9-10,12H2,1-2H3,(H,26,27)/t14-/m1/s1. The van der Waals surface area contributed by atoms with Crippen molar-refractivity contribution in [3.63, 3.8) is 0 Å². The maximum atomic E-state index is 13.2. The van der Waals surface area contributed by atoms with E-state index in [4.69, 9.17) is 4.74 Å². The number of Topliss-reactive ketones (excluding diaryl/α,β-unsaturated/α-hetero) is 1. The molecule has 0 amide bonds. The summed E-state index contributed by atoms with van der Waals surface area (Å²) in [5.74, 6) is -0.214. The van der Waals surface area contributed by atoms with Crippen molar-refractivity contribution in [3.05, 3.63) is 64.6 Å². The zero-order valence-electron chi connectivity index (χ0n) is 15.9. The molecule has 0 spiro atoms. The van der Waals surface area contributed by atoms with Crippen LogP contribution in [0.5, 0.6) is 5.75 Å². The number of carboxylic acid groups (broad SMARTS) is 1. The summed E-state index contributed by atoms with van der Waals surface area (Å²) in [5, 5.41) is 9.40. The summed E-state index contributed by atoms with van der Waals surface area (Å²) in [6, 6.07) is 9.04. The molecule has 1 aromatic carbocycles. The number of benzene rings is 1. The molecule has 1 atom stereocenters. The van der Waals surface area contributed by atoms with Crippen LogP contribution in [0.4, 0.5) is 0 Å². The van der Waals surface area contributed by atoms with E-state index in [0.717, 1.165) is 17.5 Å². The van der Waals surface area contributed by atoms with Crippen LogP contribution in [0.25, 0.3) is 5.65 Å². The lowest BCUT2D eigenvalue weighted by atomic mass is 9.93. The maximum absolute atomic E-state index is 13.2. The Kier molecular flexibility index (Phi) is 4.63. The number of hydrogen-bond acceptors (Lipinski definition) is 4. The molecular weight excluding hydrogens is 356 g/mol. The van der Waals surface area contributed by atoms with Gasteiger partial charge in [0.2, 0.25) is 0 Å². The van der Waals surface area contributed by atoms with Gasteiger partial charge in [0.05, 0.1) is 17.9 Å². The minimum absolute atomic E-state index is 0.0113. The highest BCUT2D eigenvalue weighted by Gasteiger charge is 2.30. The Morgan fingerprint density at radius 3 is 2.86 bits per heavy atom. The van der Waals surface area contributed by atoms with Crippen molar-refractivity contribution in [2.75, 3.05) is 6.61 Å². The summed E-state index contributed by atoms with van der Waals surface area (Å²) >= 11 is 0. The highest BCUT2D eigenvalue weighted by Crippen LogP contribution is 2.38. The summed E-state index contributed by atoms with van der Waals surface area (Å²) < 4.78 is 7.43. The predicted molar refractivity (Wildman–Crippen MR) is 105 cm³/mol. The summed E-state index contributed by atoms with van der Waals surface area (Å²) in [4.78, 5) is 29.2. The fourth-order valence-corrected chi connectivity index (χ4v) is 4.23. The predicted octanol–water partition coefficient (Wildman–Crippen LogP) is 4.04. The number of carbonyl (C=O) groups excluding carboxylic acids is 1. The van der Waals surface area contributed by atoms with Crippen molar-refractivity contribution in [1.82, 2.24) is 9.38 Å². The lowest BCUT2D eigenvalue weighted by molar-refractivity contribution is 0.0695. The zero-order chi connectivity index (χ0) is 19.8. The van der Waals surface area contributed by atoms with Gasteiger partial charge in [0.15, 0.2) is 17.2 Å². The van der Waals surface area contributed by atoms with Crippen LogP contribution in [-0.4, -0.2) is 32.9 Å². The number of rotatable bonds is 6. The van der Waals surface area contributed by atoms with E-state index >= 15 is 0 Å². The van der Waals surface area contributed by atoms with Gasteiger partial charge in [-0.05, 0) is 61.9 Å². The van der Waals surface area contributed by atoms with Crippen molar-refractivity contribution >= 4 is 17.4 Å². The average molecular weight is 378 g/mol. The number of carbonyl (C=O) groups is 2. The molecule has 0 saturated heterocycles. The number of ether oxygens (including phenoxy) is 1. The van der Waals surface area contributed by atoms with E-state index in [1.165, 1.54) is 0 Å². The molecule has 0 aliphatic heterocycles. The first-order valence-electron chi connectivity index (χ1n) is 9.50. The van der Waals surface area contributed by atoms with Gasteiger partial charge in [-0.15, -0.1) is 0 Å². The Hall–Kier alpha value is -3.15. The smallest absolute Gasteiger partial charge is 0.335 e. The molecule has 6 heteroatoms. The molecule has 0 bridgehead atoms. The first-order valence-corrected chi connectivity index (χ1v) is 9.50. The van der Waals surface area contributed by atoms with E-state index in [1.54, 1.807) is 16.5 Å². The van der Waals surface area contributed by atoms with Crippen LogP contribution in [0.15, 0.2) is 36.5 Å². The van der Waals surface area contributed by atoms with E-state index < -0.39 is 5.97 Å². The highest BCUT2D eigenvalue weighted by atomic mass is 16.5. The Balaban J connectivity index is 1.67. The van der Waals surface area contributed by atoms with Crippen LogP contribution in [-0.2, 0) is 6.42 Å². The largest absolute Gasteiger partial charge is 0.490 e. The van der Waals surface area contributed by atoms with Crippen LogP contribution in [0, 0.1) is 6.92 Å². The molecular formula is C22H22N2O4. The third-order valence-corrected chi connectivity index (χ3v) is 5.41. The second kappa shape index (κ2) is 7.11. The molecule has 1 N–H and O–H groups in total. The summed E-state index contributed by atoms with van der Waals surface area (Å²) in [6.07, 6.45) is 3.64. The van der Waals surface area contributed by atoms with Gasteiger partial charge in [-0.2, -0.15) is 0 Å². The monoisotopic (exact) mass is 378 g/mol. The third-order valence-electron chi connectivity index (χ3n) is 5.41. The molecule has 0 unspecified atom stereocenters. The summed E-state index contributed by atoms with van der Waals surface area (Å²) in [7, 11) is 0. The van der Waals surface area contributed by atoms with Crippen molar-refractivity contribution in [1.29, 1.82) is 0 Å². The molecule has 0 radical (unpaired) electrons. The van der Waals surface area contributed by atoms with Gasteiger partial charge in [0.25, 0.3) is 0 Å². The maximum Gasteiger partial charge on any atom is 0.335 e.